The molecule has 0 aromatic carbocycles. The summed E-state index contributed by atoms with van der Waals surface area (Å²) in [5.41, 5.74) is -0.0659. The fraction of sp³-hybridized carbons (Fsp3) is 0.611. The number of pyridine rings is 1. The van der Waals surface area contributed by atoms with Crippen molar-refractivity contribution in [3.8, 4) is 0 Å². The van der Waals surface area contributed by atoms with Crippen LogP contribution in [0.15, 0.2) is 29.4 Å². The van der Waals surface area contributed by atoms with Crippen LogP contribution in [-0.2, 0) is 11.3 Å². The second kappa shape index (κ2) is 9.12. The molecule has 3 heterocycles. The zero-order valence-corrected chi connectivity index (χ0v) is 16.1. The van der Waals surface area contributed by atoms with Gasteiger partial charge in [-0.2, -0.15) is 0 Å². The number of fused-ring (bicyclic) bond motifs is 1. The van der Waals surface area contributed by atoms with E-state index in [9.17, 15) is 5.11 Å². The summed E-state index contributed by atoms with van der Waals surface area (Å²) in [6, 6.07) is 5.78. The maximum atomic E-state index is 10.7. The minimum absolute atomic E-state index is 0.395. The van der Waals surface area contributed by atoms with Gasteiger partial charge in [0.1, 0.15) is 6.54 Å². The van der Waals surface area contributed by atoms with Crippen molar-refractivity contribution >= 4 is 11.6 Å². The fourth-order valence-electron chi connectivity index (χ4n) is 3.06. The van der Waals surface area contributed by atoms with Gasteiger partial charge in [0.25, 0.3) is 0 Å². The average Bonchev–Trinajstić information content (AvgIpc) is 3.08. The first kappa shape index (κ1) is 19.5. The highest BCUT2D eigenvalue weighted by atomic mass is 16.5. The third kappa shape index (κ3) is 5.62. The van der Waals surface area contributed by atoms with Gasteiger partial charge in [0.05, 0.1) is 18.8 Å². The number of morpholine rings is 1. The van der Waals surface area contributed by atoms with E-state index in [1.807, 2.05) is 42.6 Å². The van der Waals surface area contributed by atoms with E-state index < -0.39 is 5.60 Å². The number of nitrogens with zero attached hydrogens (tertiary/aromatic N) is 5. The van der Waals surface area contributed by atoms with Crippen molar-refractivity contribution in [2.75, 3.05) is 45.9 Å². The van der Waals surface area contributed by atoms with Gasteiger partial charge in [-0.25, -0.2) is 4.99 Å². The highest BCUT2D eigenvalue weighted by molar-refractivity contribution is 5.79. The number of aromatic nitrogens is 3. The first-order valence-electron chi connectivity index (χ1n) is 9.41. The van der Waals surface area contributed by atoms with Crippen LogP contribution in [0.1, 0.15) is 19.7 Å². The highest BCUT2D eigenvalue weighted by Gasteiger charge is 2.25. The Morgan fingerprint density at radius 2 is 2.11 bits per heavy atom. The predicted molar refractivity (Wildman–Crippen MR) is 104 cm³/mol. The lowest BCUT2D eigenvalue weighted by atomic mass is 10.1. The molecular formula is C18H29N7O2. The lowest BCUT2D eigenvalue weighted by Crippen LogP contribution is -2.53. The molecule has 9 nitrogen and oxygen atoms in total. The lowest BCUT2D eigenvalue weighted by molar-refractivity contribution is -0.0201. The van der Waals surface area contributed by atoms with E-state index in [2.05, 4.69) is 30.7 Å². The summed E-state index contributed by atoms with van der Waals surface area (Å²) in [5.74, 6) is 1.41. The summed E-state index contributed by atoms with van der Waals surface area (Å²) in [7, 11) is 0. The van der Waals surface area contributed by atoms with Crippen LogP contribution in [0.2, 0.25) is 0 Å². The van der Waals surface area contributed by atoms with Crippen LogP contribution >= 0.6 is 0 Å². The smallest absolute Gasteiger partial charge is 0.191 e. The van der Waals surface area contributed by atoms with Gasteiger partial charge in [-0.3, -0.25) is 9.30 Å². The lowest BCUT2D eigenvalue weighted by Gasteiger charge is -2.34. The Kier molecular flexibility index (Phi) is 6.59. The van der Waals surface area contributed by atoms with Gasteiger partial charge in [-0.1, -0.05) is 6.07 Å². The van der Waals surface area contributed by atoms with Crippen molar-refractivity contribution in [3.63, 3.8) is 0 Å². The molecular weight excluding hydrogens is 346 g/mol. The van der Waals surface area contributed by atoms with Crippen LogP contribution < -0.4 is 10.6 Å². The molecule has 3 N–H and O–H groups in total. The molecule has 148 valence electrons. The monoisotopic (exact) mass is 375 g/mol. The van der Waals surface area contributed by atoms with Gasteiger partial charge in [-0.05, 0) is 26.0 Å². The van der Waals surface area contributed by atoms with E-state index in [0.717, 1.165) is 44.3 Å². The van der Waals surface area contributed by atoms with Crippen molar-refractivity contribution in [1.82, 2.24) is 30.1 Å². The summed E-state index contributed by atoms with van der Waals surface area (Å²) >= 11 is 0. The molecule has 0 spiro atoms. The van der Waals surface area contributed by atoms with Crippen molar-refractivity contribution in [2.24, 2.45) is 4.99 Å². The van der Waals surface area contributed by atoms with E-state index in [1.54, 1.807) is 0 Å². The largest absolute Gasteiger partial charge is 0.387 e. The van der Waals surface area contributed by atoms with Crippen molar-refractivity contribution < 1.29 is 9.84 Å². The number of guanidine groups is 1. The molecule has 1 atom stereocenters. The van der Waals surface area contributed by atoms with E-state index >= 15 is 0 Å². The van der Waals surface area contributed by atoms with Crippen LogP contribution in [0.3, 0.4) is 0 Å². The minimum Gasteiger partial charge on any atom is -0.387 e. The Balaban J connectivity index is 1.58. The number of hydrogen-bond donors (Lipinski definition) is 3. The standard InChI is InChI=1S/C18H29N7O2/c1-3-19-17(20-12-16-23-22-15-6-4-5-7-25(15)16)21-13-18(2,26)14-24-8-10-27-11-9-24/h4-7,26H,3,8-14H2,1-2H3,(H2,19,20,21). The number of β-amino-alcohol motifs (C(OH)–C–C–N with tert-alkyl or cyclic N) is 1. The summed E-state index contributed by atoms with van der Waals surface area (Å²) in [6.07, 6.45) is 1.92. The first-order valence-corrected chi connectivity index (χ1v) is 9.41. The van der Waals surface area contributed by atoms with E-state index in [0.29, 0.717) is 25.6 Å². The number of aliphatic imine (C=N–C) groups is 1. The third-order valence-corrected chi connectivity index (χ3v) is 4.41. The summed E-state index contributed by atoms with van der Waals surface area (Å²) < 4.78 is 7.28. The zero-order valence-electron chi connectivity index (χ0n) is 16.1. The molecule has 27 heavy (non-hydrogen) atoms. The highest BCUT2D eigenvalue weighted by Crippen LogP contribution is 2.08. The summed E-state index contributed by atoms with van der Waals surface area (Å²) in [6.45, 7) is 9.12. The second-order valence-corrected chi connectivity index (χ2v) is 6.98. The molecule has 1 aliphatic heterocycles. The van der Waals surface area contributed by atoms with E-state index in [4.69, 9.17) is 4.74 Å². The molecule has 3 rings (SSSR count). The molecule has 0 saturated carbocycles. The Hall–Kier alpha value is -2.23. The van der Waals surface area contributed by atoms with Crippen molar-refractivity contribution in [3.05, 3.63) is 30.2 Å². The number of ether oxygens (including phenoxy) is 1. The number of rotatable bonds is 7. The molecule has 1 unspecified atom stereocenters. The SMILES string of the molecule is CCNC(=NCc1nnc2ccccn12)NCC(C)(O)CN1CCOCC1. The Bertz CT molecular complexity index is 753. The van der Waals surface area contributed by atoms with Gasteiger partial charge in [0.15, 0.2) is 17.4 Å². The fourth-order valence-corrected chi connectivity index (χ4v) is 3.06. The van der Waals surface area contributed by atoms with Crippen LogP contribution in [0.5, 0.6) is 0 Å². The number of hydrogen-bond acceptors (Lipinski definition) is 6. The van der Waals surface area contributed by atoms with Crippen molar-refractivity contribution in [1.29, 1.82) is 0 Å². The molecule has 0 radical (unpaired) electrons. The quantitative estimate of drug-likeness (QED) is 0.458. The maximum absolute atomic E-state index is 10.7. The summed E-state index contributed by atoms with van der Waals surface area (Å²) in [5, 5.41) is 25.5. The maximum Gasteiger partial charge on any atom is 0.191 e. The molecule has 0 amide bonds. The third-order valence-electron chi connectivity index (χ3n) is 4.41. The Morgan fingerprint density at radius 1 is 1.30 bits per heavy atom. The number of nitrogens with one attached hydrogen (secondary N) is 2. The van der Waals surface area contributed by atoms with Crippen LogP contribution in [0, 0.1) is 0 Å². The van der Waals surface area contributed by atoms with Gasteiger partial charge >= 0.3 is 0 Å². The predicted octanol–water partition coefficient (Wildman–Crippen LogP) is -0.132. The van der Waals surface area contributed by atoms with Crippen LogP contribution in [0.4, 0.5) is 0 Å². The topological polar surface area (TPSA) is 99.3 Å². The molecule has 1 fully saturated rings. The average molecular weight is 375 g/mol. The van der Waals surface area contributed by atoms with Gasteiger partial charge in [0, 0.05) is 38.9 Å². The molecule has 0 aliphatic carbocycles. The van der Waals surface area contributed by atoms with Crippen LogP contribution in [0.25, 0.3) is 5.65 Å². The zero-order chi connectivity index (χ0) is 19.1. The Morgan fingerprint density at radius 3 is 2.89 bits per heavy atom. The molecule has 2 aromatic rings. The second-order valence-electron chi connectivity index (χ2n) is 6.98. The van der Waals surface area contributed by atoms with Gasteiger partial charge in [-0.15, -0.1) is 10.2 Å². The van der Waals surface area contributed by atoms with E-state index in [-0.39, 0.29) is 0 Å². The summed E-state index contributed by atoms with van der Waals surface area (Å²) in [4.78, 5) is 6.80. The van der Waals surface area contributed by atoms with Crippen molar-refractivity contribution in [2.45, 2.75) is 26.0 Å². The molecule has 1 aliphatic rings. The molecule has 1 saturated heterocycles. The van der Waals surface area contributed by atoms with Crippen LogP contribution in [-0.4, -0.2) is 82.1 Å². The molecule has 0 bridgehead atoms. The molecule has 2 aromatic heterocycles. The normalized spacial score (nSPS) is 18.4. The van der Waals surface area contributed by atoms with Gasteiger partial charge < -0.3 is 20.5 Å². The first-order chi connectivity index (χ1) is 13.1. The van der Waals surface area contributed by atoms with Gasteiger partial charge in [0.2, 0.25) is 0 Å². The Labute approximate surface area is 159 Å². The minimum atomic E-state index is -0.866. The molecule has 9 heteroatoms. The van der Waals surface area contributed by atoms with E-state index in [1.165, 1.54) is 0 Å². The number of aliphatic hydroxyl groups is 1.